The number of alkyl halides is 3. The second kappa shape index (κ2) is 8.21. The highest BCUT2D eigenvalue weighted by Crippen LogP contribution is 2.14. The van der Waals surface area contributed by atoms with Crippen molar-refractivity contribution in [1.29, 1.82) is 0 Å². The Kier molecular flexibility index (Phi) is 5.71. The number of fused-ring (bicyclic) bond motifs is 1. The predicted molar refractivity (Wildman–Crippen MR) is 98.3 cm³/mol. The second-order valence-electron chi connectivity index (χ2n) is 6.24. The van der Waals surface area contributed by atoms with Gasteiger partial charge >= 0.3 is 11.9 Å². The van der Waals surface area contributed by atoms with Gasteiger partial charge in [0.25, 0.3) is 0 Å². The van der Waals surface area contributed by atoms with Crippen molar-refractivity contribution in [2.75, 3.05) is 11.9 Å². The number of halogens is 3. The van der Waals surface area contributed by atoms with E-state index >= 15 is 0 Å². The number of rotatable bonds is 6. The minimum absolute atomic E-state index is 0.222. The van der Waals surface area contributed by atoms with Crippen molar-refractivity contribution < 1.29 is 27.2 Å². The van der Waals surface area contributed by atoms with Gasteiger partial charge in [0.1, 0.15) is 13.1 Å². The number of carbonyl (C=O) groups is 2. The number of nitrogens with zero attached hydrogens (tertiary/aromatic N) is 1. The van der Waals surface area contributed by atoms with E-state index in [1.165, 1.54) is 28.8 Å². The molecule has 10 heteroatoms. The van der Waals surface area contributed by atoms with Crippen LogP contribution in [0.25, 0.3) is 11.1 Å². The van der Waals surface area contributed by atoms with E-state index in [4.69, 9.17) is 4.42 Å². The lowest BCUT2D eigenvalue weighted by Crippen LogP contribution is -2.34. The first kappa shape index (κ1) is 20.2. The molecule has 2 amide bonds. The van der Waals surface area contributed by atoms with E-state index in [9.17, 15) is 27.6 Å². The number of hydrogen-bond donors (Lipinski definition) is 2. The van der Waals surface area contributed by atoms with E-state index in [0.29, 0.717) is 22.4 Å². The number of aromatic nitrogens is 1. The van der Waals surface area contributed by atoms with Gasteiger partial charge in [-0.05, 0) is 29.8 Å². The average Bonchev–Trinajstić information content (AvgIpc) is 2.96. The van der Waals surface area contributed by atoms with Crippen molar-refractivity contribution in [1.82, 2.24) is 9.88 Å². The number of para-hydroxylation sites is 2. The monoisotopic (exact) mass is 407 g/mol. The molecular formula is C19H16F3N3O4. The zero-order valence-electron chi connectivity index (χ0n) is 15.0. The molecule has 0 spiro atoms. The largest absolute Gasteiger partial charge is 0.420 e. The van der Waals surface area contributed by atoms with Crippen LogP contribution in [0.1, 0.15) is 5.56 Å². The zero-order valence-corrected chi connectivity index (χ0v) is 15.0. The first-order valence-corrected chi connectivity index (χ1v) is 8.52. The fraction of sp³-hybridized carbons (Fsp3) is 0.211. The van der Waals surface area contributed by atoms with Crippen molar-refractivity contribution in [3.63, 3.8) is 0 Å². The van der Waals surface area contributed by atoms with Gasteiger partial charge in [0.15, 0.2) is 5.58 Å². The van der Waals surface area contributed by atoms with E-state index in [2.05, 4.69) is 5.32 Å². The Labute approximate surface area is 162 Å². The molecule has 0 radical (unpaired) electrons. The molecule has 7 nitrogen and oxygen atoms in total. The van der Waals surface area contributed by atoms with Crippen molar-refractivity contribution in [3.8, 4) is 0 Å². The summed E-state index contributed by atoms with van der Waals surface area (Å²) in [5, 5.41) is 4.40. The highest BCUT2D eigenvalue weighted by atomic mass is 19.4. The van der Waals surface area contributed by atoms with Gasteiger partial charge in [0.2, 0.25) is 11.8 Å². The van der Waals surface area contributed by atoms with E-state index in [0.717, 1.165) is 0 Å². The van der Waals surface area contributed by atoms with Gasteiger partial charge < -0.3 is 15.1 Å². The Morgan fingerprint density at radius 1 is 1.00 bits per heavy atom. The Bertz CT molecular complexity index is 1080. The lowest BCUT2D eigenvalue weighted by Gasteiger charge is -2.09. The van der Waals surface area contributed by atoms with Crippen molar-refractivity contribution in [2.45, 2.75) is 19.1 Å². The number of hydrogen-bond acceptors (Lipinski definition) is 4. The quantitative estimate of drug-likeness (QED) is 0.657. The lowest BCUT2D eigenvalue weighted by atomic mass is 10.1. The molecule has 3 aromatic rings. The number of oxazole rings is 1. The summed E-state index contributed by atoms with van der Waals surface area (Å²) in [5.41, 5.74) is 1.77. The first-order chi connectivity index (χ1) is 13.7. The summed E-state index contributed by atoms with van der Waals surface area (Å²) in [7, 11) is 0. The van der Waals surface area contributed by atoms with Crippen LogP contribution in [-0.4, -0.2) is 29.1 Å². The fourth-order valence-corrected chi connectivity index (χ4v) is 2.66. The lowest BCUT2D eigenvalue weighted by molar-refractivity contribution is -0.138. The van der Waals surface area contributed by atoms with Crippen LogP contribution in [-0.2, 0) is 22.6 Å². The van der Waals surface area contributed by atoms with Crippen molar-refractivity contribution in [3.05, 3.63) is 64.6 Å². The molecule has 2 N–H and O–H groups in total. The molecule has 0 saturated carbocycles. The molecule has 0 aliphatic rings. The normalized spacial score (nSPS) is 11.4. The molecule has 0 saturated heterocycles. The van der Waals surface area contributed by atoms with Gasteiger partial charge in [0, 0.05) is 5.69 Å². The number of amides is 2. The smallest absolute Gasteiger partial charge is 0.408 e. The summed E-state index contributed by atoms with van der Waals surface area (Å²) in [6.07, 6.45) is -4.69. The molecule has 29 heavy (non-hydrogen) atoms. The minimum atomic E-state index is -4.47. The van der Waals surface area contributed by atoms with Crippen LogP contribution in [0.2, 0.25) is 0 Å². The maximum Gasteiger partial charge on any atom is 0.420 e. The second-order valence-corrected chi connectivity index (χ2v) is 6.24. The molecule has 0 fully saturated rings. The first-order valence-electron chi connectivity index (χ1n) is 8.52. The van der Waals surface area contributed by atoms with E-state index in [-0.39, 0.29) is 13.0 Å². The molecule has 1 heterocycles. The third-order valence-electron chi connectivity index (χ3n) is 3.96. The highest BCUT2D eigenvalue weighted by molar-refractivity contribution is 5.91. The number of benzene rings is 2. The molecule has 0 bridgehead atoms. The molecule has 0 aliphatic carbocycles. The van der Waals surface area contributed by atoms with Gasteiger partial charge in [0.05, 0.1) is 11.9 Å². The van der Waals surface area contributed by atoms with Gasteiger partial charge in [-0.1, -0.05) is 24.3 Å². The maximum atomic E-state index is 12.2. The van der Waals surface area contributed by atoms with Gasteiger partial charge in [-0.25, -0.2) is 4.79 Å². The van der Waals surface area contributed by atoms with Crippen LogP contribution in [0.4, 0.5) is 18.9 Å². The number of carbonyl (C=O) groups excluding carboxylic acids is 2. The van der Waals surface area contributed by atoms with Crippen molar-refractivity contribution >= 4 is 28.6 Å². The van der Waals surface area contributed by atoms with E-state index in [1.54, 1.807) is 29.6 Å². The molecular weight excluding hydrogens is 391 g/mol. The highest BCUT2D eigenvalue weighted by Gasteiger charge is 2.27. The van der Waals surface area contributed by atoms with Crippen LogP contribution in [0.3, 0.4) is 0 Å². The number of nitrogens with one attached hydrogen (secondary N) is 2. The summed E-state index contributed by atoms with van der Waals surface area (Å²) >= 11 is 0. The van der Waals surface area contributed by atoms with Crippen LogP contribution < -0.4 is 16.4 Å². The van der Waals surface area contributed by atoms with Crippen LogP contribution in [0.15, 0.2) is 57.7 Å². The summed E-state index contributed by atoms with van der Waals surface area (Å²) in [4.78, 5) is 35.6. The summed E-state index contributed by atoms with van der Waals surface area (Å²) < 4.78 is 42.5. The Balaban J connectivity index is 1.58. The summed E-state index contributed by atoms with van der Waals surface area (Å²) in [6.45, 7) is -1.64. The summed E-state index contributed by atoms with van der Waals surface area (Å²) in [6, 6.07) is 12.8. The molecule has 1 aromatic heterocycles. The standard InChI is InChI=1S/C19H16F3N3O4/c20-19(21,22)11-23-16(26)9-12-5-7-13(8-6-12)24-17(27)10-25-14-3-1-2-4-15(14)29-18(25)28/h1-8H,9-11H2,(H,23,26)(H,24,27). The van der Waals surface area contributed by atoms with Gasteiger partial charge in [-0.2, -0.15) is 13.2 Å². The predicted octanol–water partition coefficient (Wildman–Crippen LogP) is 2.45. The molecule has 0 atom stereocenters. The third-order valence-corrected chi connectivity index (χ3v) is 3.96. The zero-order chi connectivity index (χ0) is 21.0. The number of anilines is 1. The molecule has 0 unspecified atom stereocenters. The van der Waals surface area contributed by atoms with Crippen molar-refractivity contribution in [2.24, 2.45) is 0 Å². The topological polar surface area (TPSA) is 93.3 Å². The summed E-state index contributed by atoms with van der Waals surface area (Å²) in [5.74, 6) is -1.87. The van der Waals surface area contributed by atoms with Gasteiger partial charge in [-0.3, -0.25) is 14.2 Å². The SMILES string of the molecule is O=C(Cc1ccc(NC(=O)Cn2c(=O)oc3ccccc32)cc1)NCC(F)(F)F. The average molecular weight is 407 g/mol. The Morgan fingerprint density at radius 3 is 2.38 bits per heavy atom. The molecule has 3 rings (SSSR count). The molecule has 2 aromatic carbocycles. The van der Waals surface area contributed by atoms with Gasteiger partial charge in [-0.15, -0.1) is 0 Å². The maximum absolute atomic E-state index is 12.2. The molecule has 0 aliphatic heterocycles. The minimum Gasteiger partial charge on any atom is -0.408 e. The third kappa shape index (κ3) is 5.47. The van der Waals surface area contributed by atoms with Crippen LogP contribution in [0, 0.1) is 0 Å². The van der Waals surface area contributed by atoms with E-state index < -0.39 is 30.3 Å². The Hall–Kier alpha value is -3.56. The molecule has 152 valence electrons. The van der Waals surface area contributed by atoms with E-state index in [1.807, 2.05) is 0 Å². The fourth-order valence-electron chi connectivity index (χ4n) is 2.66. The van der Waals surface area contributed by atoms with Crippen LogP contribution >= 0.6 is 0 Å². The Morgan fingerprint density at radius 2 is 1.69 bits per heavy atom. The van der Waals surface area contributed by atoms with Crippen LogP contribution in [0.5, 0.6) is 0 Å².